The number of aliphatic hydroxyl groups is 1. The molecule has 2 saturated heterocycles. The van der Waals surface area contributed by atoms with Crippen LogP contribution in [0.3, 0.4) is 0 Å². The minimum atomic E-state index is -0.394. The fourth-order valence-electron chi connectivity index (χ4n) is 5.94. The Morgan fingerprint density at radius 2 is 1.78 bits per heavy atom. The molecular formula is C20H26O7. The summed E-state index contributed by atoms with van der Waals surface area (Å²) in [6.45, 7) is 3.16. The average Bonchev–Trinajstić information content (AvgIpc) is 3.45. The van der Waals surface area contributed by atoms with Crippen LogP contribution in [0.1, 0.15) is 32.1 Å². The van der Waals surface area contributed by atoms with Crippen molar-refractivity contribution in [1.82, 2.24) is 0 Å². The van der Waals surface area contributed by atoms with E-state index in [0.717, 1.165) is 37.7 Å². The van der Waals surface area contributed by atoms with Crippen LogP contribution < -0.4 is 0 Å². The molecule has 9 atom stereocenters. The Morgan fingerprint density at radius 3 is 2.26 bits per heavy atom. The quantitative estimate of drug-likeness (QED) is 0.416. The highest BCUT2D eigenvalue weighted by Gasteiger charge is 2.61. The van der Waals surface area contributed by atoms with Crippen molar-refractivity contribution < 1.29 is 33.7 Å². The second-order valence-electron chi connectivity index (χ2n) is 8.44. The van der Waals surface area contributed by atoms with E-state index < -0.39 is 5.97 Å². The molecule has 4 bridgehead atoms. The highest BCUT2D eigenvalue weighted by molar-refractivity contribution is 5.81. The predicted molar refractivity (Wildman–Crippen MR) is 92.0 cm³/mol. The average molecular weight is 378 g/mol. The smallest absolute Gasteiger partial charge is 0.329 e. The van der Waals surface area contributed by atoms with Gasteiger partial charge in [0.1, 0.15) is 12.2 Å². The Bertz CT molecular complexity index is 657. The number of hydrogen-bond acceptors (Lipinski definition) is 7. The van der Waals surface area contributed by atoms with E-state index in [9.17, 15) is 19.5 Å². The summed E-state index contributed by atoms with van der Waals surface area (Å²) in [6, 6.07) is 0. The number of ether oxygens (including phenoxy) is 3. The summed E-state index contributed by atoms with van der Waals surface area (Å²) in [4.78, 5) is 32.0. The molecule has 27 heavy (non-hydrogen) atoms. The van der Waals surface area contributed by atoms with Crippen LogP contribution in [-0.2, 0) is 28.6 Å². The first-order valence-corrected chi connectivity index (χ1v) is 9.72. The lowest BCUT2D eigenvalue weighted by molar-refractivity contribution is -0.146. The van der Waals surface area contributed by atoms with E-state index in [1.54, 1.807) is 0 Å². The van der Waals surface area contributed by atoms with Gasteiger partial charge < -0.3 is 19.3 Å². The summed E-state index contributed by atoms with van der Waals surface area (Å²) in [5.74, 6) is 2.22. The van der Waals surface area contributed by atoms with Gasteiger partial charge in [0.2, 0.25) is 0 Å². The zero-order chi connectivity index (χ0) is 19.3. The first-order valence-electron chi connectivity index (χ1n) is 9.72. The molecule has 6 aliphatic rings. The highest BCUT2D eigenvalue weighted by atomic mass is 16.6. The normalized spacial score (nSPS) is 46.1. The molecule has 9 unspecified atom stereocenters. The summed E-state index contributed by atoms with van der Waals surface area (Å²) in [6.07, 6.45) is 6.35. The molecule has 0 aromatic rings. The van der Waals surface area contributed by atoms with E-state index in [1.807, 2.05) is 0 Å². The largest absolute Gasteiger partial charge is 0.466 e. The molecule has 2 heterocycles. The first kappa shape index (κ1) is 18.5. The number of hydrogen-bond donors (Lipinski definition) is 1. The topological polar surface area (TPSA) is 99.1 Å². The monoisotopic (exact) mass is 378 g/mol. The van der Waals surface area contributed by atoms with E-state index in [4.69, 9.17) is 9.47 Å². The molecule has 4 aliphatic carbocycles. The molecule has 0 aromatic heterocycles. The maximum absolute atomic E-state index is 11.1. The third-order valence-electron chi connectivity index (χ3n) is 7.14. The molecular weight excluding hydrogens is 352 g/mol. The van der Waals surface area contributed by atoms with Gasteiger partial charge in [-0.3, -0.25) is 9.59 Å². The Morgan fingerprint density at radius 1 is 1.07 bits per heavy atom. The van der Waals surface area contributed by atoms with Gasteiger partial charge in [0.15, 0.2) is 0 Å². The van der Waals surface area contributed by atoms with Crippen molar-refractivity contribution >= 4 is 17.9 Å². The van der Waals surface area contributed by atoms with Gasteiger partial charge in [0, 0.05) is 17.9 Å². The number of methoxy groups -OCH3 is 1. The zero-order valence-electron chi connectivity index (χ0n) is 15.4. The lowest BCUT2D eigenvalue weighted by Crippen LogP contribution is -2.31. The molecule has 7 nitrogen and oxygen atoms in total. The first-order chi connectivity index (χ1) is 12.9. The van der Waals surface area contributed by atoms with Gasteiger partial charge in [0.05, 0.1) is 25.0 Å². The SMILES string of the molecule is C=CC(=O)OC.O=C1OC2C(O)C3CC1C2C3.O=C1OC2CC3CC1C2C3. The number of rotatable bonds is 1. The van der Waals surface area contributed by atoms with Gasteiger partial charge in [-0.2, -0.15) is 0 Å². The van der Waals surface area contributed by atoms with Crippen molar-refractivity contribution in [2.75, 3.05) is 7.11 Å². The molecule has 6 fully saturated rings. The van der Waals surface area contributed by atoms with E-state index >= 15 is 0 Å². The van der Waals surface area contributed by atoms with E-state index in [2.05, 4.69) is 11.3 Å². The fraction of sp³-hybridized carbons (Fsp3) is 0.750. The van der Waals surface area contributed by atoms with E-state index in [0.29, 0.717) is 29.8 Å². The second-order valence-corrected chi connectivity index (χ2v) is 8.44. The van der Waals surface area contributed by atoms with Crippen molar-refractivity contribution in [3.63, 3.8) is 0 Å². The maximum Gasteiger partial charge on any atom is 0.329 e. The van der Waals surface area contributed by atoms with Crippen LogP contribution in [0.5, 0.6) is 0 Å². The molecule has 0 spiro atoms. The summed E-state index contributed by atoms with van der Waals surface area (Å²) in [7, 11) is 1.31. The minimum absolute atomic E-state index is 0.0703. The van der Waals surface area contributed by atoms with Crippen molar-refractivity contribution in [3.05, 3.63) is 12.7 Å². The lowest BCUT2D eigenvalue weighted by atomic mass is 9.88. The van der Waals surface area contributed by atoms with Gasteiger partial charge >= 0.3 is 17.9 Å². The van der Waals surface area contributed by atoms with Gasteiger partial charge in [-0.25, -0.2) is 4.79 Å². The Balaban J connectivity index is 0.000000105. The molecule has 6 rings (SSSR count). The van der Waals surface area contributed by atoms with Gasteiger partial charge in [-0.1, -0.05) is 6.58 Å². The number of aliphatic hydroxyl groups excluding tert-OH is 1. The van der Waals surface area contributed by atoms with Crippen molar-refractivity contribution in [3.8, 4) is 0 Å². The number of carbonyl (C=O) groups excluding carboxylic acids is 3. The van der Waals surface area contributed by atoms with Crippen LogP contribution in [0.25, 0.3) is 0 Å². The lowest BCUT2D eigenvalue weighted by Gasteiger charge is -2.19. The highest BCUT2D eigenvalue weighted by Crippen LogP contribution is 2.55. The van der Waals surface area contributed by atoms with Crippen LogP contribution in [0.2, 0.25) is 0 Å². The third-order valence-corrected chi connectivity index (χ3v) is 7.14. The van der Waals surface area contributed by atoms with Crippen LogP contribution in [0.4, 0.5) is 0 Å². The summed E-state index contributed by atoms with van der Waals surface area (Å²) < 4.78 is 14.4. The Kier molecular flexibility index (Phi) is 4.74. The number of fused-ring (bicyclic) bond motifs is 2. The van der Waals surface area contributed by atoms with Crippen molar-refractivity contribution in [2.45, 2.75) is 50.4 Å². The summed E-state index contributed by atoms with van der Waals surface area (Å²) in [5.41, 5.74) is 0. The van der Waals surface area contributed by atoms with Crippen LogP contribution in [0.15, 0.2) is 12.7 Å². The third kappa shape index (κ3) is 3.06. The fourth-order valence-corrected chi connectivity index (χ4v) is 5.94. The molecule has 0 radical (unpaired) electrons. The van der Waals surface area contributed by atoms with Crippen LogP contribution >= 0.6 is 0 Å². The predicted octanol–water partition coefficient (Wildman–Crippen LogP) is 1.23. The van der Waals surface area contributed by atoms with E-state index in [-0.39, 0.29) is 30.1 Å². The number of esters is 3. The molecule has 4 saturated carbocycles. The van der Waals surface area contributed by atoms with Gasteiger partial charge in [0.25, 0.3) is 0 Å². The molecule has 1 N–H and O–H groups in total. The van der Waals surface area contributed by atoms with E-state index in [1.165, 1.54) is 13.5 Å². The standard InChI is InChI=1S/C8H10O3.C8H10O2.C4H6O2/c9-6-3-1-4-5(2-3)8(10)11-7(4)6;9-8-6-2-4-1-5(6)7(3-4)10-8;1-3-4(5)6-2/h3-7,9H,1-2H2;4-7H,1-3H2;3H,1H2,2H3. The maximum atomic E-state index is 11.1. The Labute approximate surface area is 158 Å². The summed E-state index contributed by atoms with van der Waals surface area (Å²) in [5, 5.41) is 9.55. The molecule has 148 valence electrons. The molecule has 2 aliphatic heterocycles. The number of carbonyl (C=O) groups is 3. The van der Waals surface area contributed by atoms with Crippen LogP contribution in [0, 0.1) is 35.5 Å². The minimum Gasteiger partial charge on any atom is -0.466 e. The van der Waals surface area contributed by atoms with Crippen LogP contribution in [-0.4, -0.2) is 48.4 Å². The summed E-state index contributed by atoms with van der Waals surface area (Å²) >= 11 is 0. The van der Waals surface area contributed by atoms with Crippen molar-refractivity contribution in [1.29, 1.82) is 0 Å². The molecule has 0 amide bonds. The van der Waals surface area contributed by atoms with Gasteiger partial charge in [-0.05, 0) is 43.9 Å². The van der Waals surface area contributed by atoms with Gasteiger partial charge in [-0.15, -0.1) is 0 Å². The van der Waals surface area contributed by atoms with Crippen molar-refractivity contribution in [2.24, 2.45) is 35.5 Å². The molecule has 7 heteroatoms. The second kappa shape index (κ2) is 6.93. The Hall–Kier alpha value is -1.89. The zero-order valence-corrected chi connectivity index (χ0v) is 15.4. The molecule has 0 aromatic carbocycles.